The van der Waals surface area contributed by atoms with Crippen molar-refractivity contribution in [1.29, 1.82) is 0 Å². The number of hydrogen-bond acceptors (Lipinski definition) is 5. The van der Waals surface area contributed by atoms with E-state index >= 15 is 0 Å². The number of carbonyl (C=O) groups excluding carboxylic acids is 2. The van der Waals surface area contributed by atoms with Crippen LogP contribution < -0.4 is 10.2 Å². The average molecular weight is 405 g/mol. The summed E-state index contributed by atoms with van der Waals surface area (Å²) in [5, 5.41) is 12.4. The lowest BCUT2D eigenvalue weighted by molar-refractivity contribution is -0.143. The van der Waals surface area contributed by atoms with Gasteiger partial charge in [0.05, 0.1) is 6.10 Å². The highest BCUT2D eigenvalue weighted by Crippen LogP contribution is 2.58. The summed E-state index contributed by atoms with van der Waals surface area (Å²) in [5.74, 6) is -0.392. The number of aliphatic hydroxyl groups excluding tert-OH is 1. The Balaban J connectivity index is 1.80. The second kappa shape index (κ2) is 6.65. The van der Waals surface area contributed by atoms with Crippen LogP contribution in [-0.4, -0.2) is 49.3 Å². The molecule has 152 valence electrons. The van der Waals surface area contributed by atoms with Crippen LogP contribution in [0.5, 0.6) is 0 Å². The number of nitrogens with zero attached hydrogens (tertiary/aromatic N) is 1. The van der Waals surface area contributed by atoms with Crippen molar-refractivity contribution >= 4 is 31.5 Å². The SMILES string of the molecule is C[C@@H]1[C@@H]([Si](C)(C)O)[C@H](CCO)O[C@@]12C(=O)Nc1ccc(N3CCCC3=O)cc12. The van der Waals surface area contributed by atoms with Crippen LogP contribution in [0.15, 0.2) is 18.2 Å². The number of nitrogens with one attached hydrogen (secondary N) is 1. The van der Waals surface area contributed by atoms with Gasteiger partial charge in [-0.3, -0.25) is 9.59 Å². The molecule has 0 saturated carbocycles. The van der Waals surface area contributed by atoms with E-state index in [0.717, 1.165) is 17.7 Å². The van der Waals surface area contributed by atoms with Crippen LogP contribution in [0, 0.1) is 5.92 Å². The second-order valence-corrected chi connectivity index (χ2v) is 12.7. The molecule has 0 unspecified atom stereocenters. The molecule has 8 heteroatoms. The highest BCUT2D eigenvalue weighted by Gasteiger charge is 2.64. The van der Waals surface area contributed by atoms with Gasteiger partial charge in [0.2, 0.25) is 5.91 Å². The Hall–Kier alpha value is -1.74. The molecule has 2 fully saturated rings. The standard InChI is InChI=1S/C20H28N2O5Si/c1-12-18(28(2,3)26)16(8-10-23)27-20(12)14-11-13(22-9-4-5-17(22)24)6-7-15(14)21-19(20)25/h6-7,11-12,16,18,23,26H,4-5,8-10H2,1-3H3,(H,21,25)/t12-,16+,18-,20+/m1/s1. The molecule has 0 aliphatic carbocycles. The first kappa shape index (κ1) is 19.6. The van der Waals surface area contributed by atoms with Crippen LogP contribution in [-0.2, 0) is 19.9 Å². The number of anilines is 2. The fourth-order valence-corrected chi connectivity index (χ4v) is 7.97. The van der Waals surface area contributed by atoms with Crippen LogP contribution in [0.25, 0.3) is 0 Å². The number of aliphatic hydroxyl groups is 1. The maximum atomic E-state index is 13.1. The Bertz CT molecular complexity index is 823. The minimum atomic E-state index is -2.66. The summed E-state index contributed by atoms with van der Waals surface area (Å²) in [6.45, 7) is 6.28. The first-order valence-corrected chi connectivity index (χ1v) is 13.0. The van der Waals surface area contributed by atoms with Gasteiger partial charge in [0.1, 0.15) is 0 Å². The topological polar surface area (TPSA) is 99.1 Å². The summed E-state index contributed by atoms with van der Waals surface area (Å²) in [7, 11) is -2.66. The minimum Gasteiger partial charge on any atom is -0.432 e. The lowest BCUT2D eigenvalue weighted by atomic mass is 9.82. The molecule has 2 saturated heterocycles. The highest BCUT2D eigenvalue weighted by atomic mass is 28.4. The Morgan fingerprint density at radius 3 is 2.71 bits per heavy atom. The summed E-state index contributed by atoms with van der Waals surface area (Å²) >= 11 is 0. The largest absolute Gasteiger partial charge is 0.432 e. The maximum absolute atomic E-state index is 13.1. The van der Waals surface area contributed by atoms with Gasteiger partial charge in [-0.2, -0.15) is 0 Å². The monoisotopic (exact) mass is 404 g/mol. The van der Waals surface area contributed by atoms with Gasteiger partial charge in [0, 0.05) is 48.0 Å². The molecule has 4 rings (SSSR count). The number of ether oxygens (including phenoxy) is 1. The van der Waals surface area contributed by atoms with E-state index in [1.807, 2.05) is 38.2 Å². The van der Waals surface area contributed by atoms with Crippen molar-refractivity contribution in [2.75, 3.05) is 23.4 Å². The fraction of sp³-hybridized carbons (Fsp3) is 0.600. The maximum Gasteiger partial charge on any atom is 0.261 e. The van der Waals surface area contributed by atoms with Gasteiger partial charge in [-0.1, -0.05) is 6.92 Å². The van der Waals surface area contributed by atoms with Gasteiger partial charge in [-0.05, 0) is 44.1 Å². The zero-order valence-corrected chi connectivity index (χ0v) is 17.6. The van der Waals surface area contributed by atoms with Crippen molar-refractivity contribution in [3.8, 4) is 0 Å². The zero-order valence-electron chi connectivity index (χ0n) is 16.6. The molecule has 3 N–H and O–H groups in total. The van der Waals surface area contributed by atoms with Gasteiger partial charge in [-0.25, -0.2) is 0 Å². The van der Waals surface area contributed by atoms with E-state index in [0.29, 0.717) is 25.1 Å². The smallest absolute Gasteiger partial charge is 0.261 e. The third-order valence-electron chi connectivity index (χ3n) is 6.52. The molecule has 3 heterocycles. The van der Waals surface area contributed by atoms with Crippen molar-refractivity contribution in [2.45, 2.75) is 56.5 Å². The Morgan fingerprint density at radius 2 is 2.11 bits per heavy atom. The van der Waals surface area contributed by atoms with Crippen molar-refractivity contribution in [2.24, 2.45) is 5.92 Å². The number of hydrogen-bond donors (Lipinski definition) is 3. The molecular formula is C20H28N2O5Si. The lowest BCUT2D eigenvalue weighted by Gasteiger charge is -2.32. The number of fused-ring (bicyclic) bond motifs is 2. The van der Waals surface area contributed by atoms with Gasteiger partial charge in [-0.15, -0.1) is 0 Å². The van der Waals surface area contributed by atoms with Crippen LogP contribution in [0.4, 0.5) is 11.4 Å². The van der Waals surface area contributed by atoms with E-state index in [2.05, 4.69) is 5.32 Å². The molecular weight excluding hydrogens is 376 g/mol. The predicted molar refractivity (Wildman–Crippen MR) is 108 cm³/mol. The molecule has 1 aromatic carbocycles. The van der Waals surface area contributed by atoms with Crippen LogP contribution >= 0.6 is 0 Å². The van der Waals surface area contributed by atoms with E-state index in [1.54, 1.807) is 4.90 Å². The summed E-state index contributed by atoms with van der Waals surface area (Å²) < 4.78 is 6.38. The van der Waals surface area contributed by atoms with Crippen molar-refractivity contribution < 1.29 is 24.2 Å². The van der Waals surface area contributed by atoms with E-state index in [-0.39, 0.29) is 36.0 Å². The van der Waals surface area contributed by atoms with Gasteiger partial charge in [0.15, 0.2) is 13.9 Å². The quantitative estimate of drug-likeness (QED) is 0.666. The highest BCUT2D eigenvalue weighted by molar-refractivity contribution is 6.71. The minimum absolute atomic E-state index is 0.0642. The Kier molecular flexibility index (Phi) is 4.65. The van der Waals surface area contributed by atoms with Crippen molar-refractivity contribution in [3.63, 3.8) is 0 Å². The number of benzene rings is 1. The summed E-state index contributed by atoms with van der Waals surface area (Å²) in [6.07, 6.45) is 1.36. The predicted octanol–water partition coefficient (Wildman–Crippen LogP) is 1.95. The molecule has 2 amide bonds. The van der Waals surface area contributed by atoms with Gasteiger partial charge in [0.25, 0.3) is 5.91 Å². The molecule has 3 aliphatic rings. The Labute approximate surface area is 165 Å². The molecule has 0 bridgehead atoms. The first-order chi connectivity index (χ1) is 13.2. The summed E-state index contributed by atoms with van der Waals surface area (Å²) in [6, 6.07) is 5.57. The van der Waals surface area contributed by atoms with E-state index < -0.39 is 13.9 Å². The van der Waals surface area contributed by atoms with E-state index in [9.17, 15) is 19.5 Å². The van der Waals surface area contributed by atoms with Crippen molar-refractivity contribution in [1.82, 2.24) is 0 Å². The third-order valence-corrected chi connectivity index (χ3v) is 9.02. The molecule has 1 spiro atoms. The molecule has 3 aliphatic heterocycles. The van der Waals surface area contributed by atoms with E-state index in [1.165, 1.54) is 0 Å². The van der Waals surface area contributed by atoms with Crippen LogP contribution in [0.2, 0.25) is 18.6 Å². The van der Waals surface area contributed by atoms with Crippen LogP contribution in [0.1, 0.15) is 31.7 Å². The normalized spacial score (nSPS) is 32.3. The summed E-state index contributed by atoms with van der Waals surface area (Å²) in [5.41, 5.74) is 0.800. The molecule has 4 atom stereocenters. The second-order valence-electron chi connectivity index (χ2n) is 8.71. The number of amides is 2. The average Bonchev–Trinajstić information content (AvgIpc) is 3.24. The third kappa shape index (κ3) is 2.74. The van der Waals surface area contributed by atoms with Gasteiger partial charge >= 0.3 is 0 Å². The first-order valence-electron chi connectivity index (χ1n) is 9.97. The number of rotatable bonds is 4. The summed E-state index contributed by atoms with van der Waals surface area (Å²) in [4.78, 5) is 38.0. The molecule has 7 nitrogen and oxygen atoms in total. The van der Waals surface area contributed by atoms with Crippen LogP contribution in [0.3, 0.4) is 0 Å². The molecule has 28 heavy (non-hydrogen) atoms. The molecule has 0 aromatic heterocycles. The number of carbonyl (C=O) groups is 2. The molecule has 0 radical (unpaired) electrons. The Morgan fingerprint density at radius 1 is 1.36 bits per heavy atom. The van der Waals surface area contributed by atoms with Gasteiger partial charge < -0.3 is 24.9 Å². The molecule has 1 aromatic rings. The lowest BCUT2D eigenvalue weighted by Crippen LogP contribution is -2.43. The zero-order chi connectivity index (χ0) is 20.3. The van der Waals surface area contributed by atoms with E-state index in [4.69, 9.17) is 4.74 Å². The van der Waals surface area contributed by atoms with Crippen molar-refractivity contribution in [3.05, 3.63) is 23.8 Å². The fourth-order valence-electron chi connectivity index (χ4n) is 5.37.